The first-order valence-electron chi connectivity index (χ1n) is 5.05. The largest absolute Gasteiger partial charge is 0.185 e. The smallest absolute Gasteiger partial charge is 0.138 e. The number of thiocyanates is 1. The third-order valence-electron chi connectivity index (χ3n) is 2.48. The zero-order valence-electron chi connectivity index (χ0n) is 9.37. The van der Waals surface area contributed by atoms with Gasteiger partial charge in [0.1, 0.15) is 5.40 Å². The van der Waals surface area contributed by atoms with Gasteiger partial charge in [-0.05, 0) is 60.9 Å². The van der Waals surface area contributed by atoms with E-state index in [0.29, 0.717) is 0 Å². The summed E-state index contributed by atoms with van der Waals surface area (Å²) >= 11 is 1.22. The van der Waals surface area contributed by atoms with Gasteiger partial charge in [-0.1, -0.05) is 19.1 Å². The second-order valence-electron chi connectivity index (χ2n) is 3.34. The van der Waals surface area contributed by atoms with E-state index in [-0.39, 0.29) is 0 Å². The number of allylic oxidation sites excluding steroid dienone is 2. The van der Waals surface area contributed by atoms with Gasteiger partial charge in [0.2, 0.25) is 0 Å². The van der Waals surface area contributed by atoms with Gasteiger partial charge in [0.05, 0.1) is 0 Å². The quantitative estimate of drug-likeness (QED) is 0.558. The van der Waals surface area contributed by atoms with Crippen LogP contribution in [0.25, 0.3) is 5.57 Å². The highest BCUT2D eigenvalue weighted by molar-refractivity contribution is 8.03. The topological polar surface area (TPSA) is 23.8 Å². The molecule has 0 saturated carbocycles. The van der Waals surface area contributed by atoms with Crippen molar-refractivity contribution in [3.8, 4) is 5.40 Å². The minimum absolute atomic E-state index is 1.00. The Bertz CT molecular complexity index is 413. The highest BCUT2D eigenvalue weighted by Gasteiger charge is 2.03. The van der Waals surface area contributed by atoms with Crippen LogP contribution in [0.1, 0.15) is 31.9 Å². The summed E-state index contributed by atoms with van der Waals surface area (Å²) in [5.41, 5.74) is 3.90. The number of nitriles is 1. The Hall–Kier alpha value is -1.20. The number of thioether (sulfide) groups is 1. The molecule has 0 heterocycles. The molecule has 0 amide bonds. The van der Waals surface area contributed by atoms with E-state index in [2.05, 4.69) is 37.5 Å². The molecule has 0 aliphatic rings. The lowest BCUT2D eigenvalue weighted by Crippen LogP contribution is -1.90. The Morgan fingerprint density at radius 2 is 2.27 bits per heavy atom. The predicted molar refractivity (Wildman–Crippen MR) is 66.6 cm³/mol. The molecule has 78 valence electrons. The van der Waals surface area contributed by atoms with Crippen LogP contribution < -0.4 is 0 Å². The third kappa shape index (κ3) is 2.87. The summed E-state index contributed by atoms with van der Waals surface area (Å²) < 4.78 is 0. The normalized spacial score (nSPS) is 11.2. The lowest BCUT2D eigenvalue weighted by atomic mass is 9.99. The van der Waals surface area contributed by atoms with Crippen LogP contribution in [-0.2, 0) is 6.42 Å². The second kappa shape index (κ2) is 5.63. The van der Waals surface area contributed by atoms with E-state index in [0.717, 1.165) is 11.3 Å². The molecule has 0 fully saturated rings. The molecule has 0 radical (unpaired) electrons. The minimum atomic E-state index is 1.00. The summed E-state index contributed by atoms with van der Waals surface area (Å²) in [4.78, 5) is 1.03. The standard InChI is InChI=1S/C13H15NS/c1-4-10(3)13-7-6-12(15-9-14)8-11(13)5-2/h4,6-8H,5H2,1-3H3/b10-4+. The van der Waals surface area contributed by atoms with Crippen molar-refractivity contribution in [2.24, 2.45) is 0 Å². The summed E-state index contributed by atoms with van der Waals surface area (Å²) in [7, 11) is 0. The average molecular weight is 217 g/mol. The van der Waals surface area contributed by atoms with E-state index in [1.165, 1.54) is 28.5 Å². The number of aryl methyl sites for hydroxylation is 1. The highest BCUT2D eigenvalue weighted by atomic mass is 32.2. The van der Waals surface area contributed by atoms with Crippen LogP contribution in [0, 0.1) is 10.7 Å². The molecule has 1 rings (SSSR count). The number of nitrogens with zero attached hydrogens (tertiary/aromatic N) is 1. The maximum atomic E-state index is 8.61. The van der Waals surface area contributed by atoms with E-state index in [4.69, 9.17) is 5.26 Å². The number of hydrogen-bond acceptors (Lipinski definition) is 2. The molecule has 0 saturated heterocycles. The van der Waals surface area contributed by atoms with Crippen LogP contribution in [0.2, 0.25) is 0 Å². The molecule has 1 aromatic rings. The van der Waals surface area contributed by atoms with E-state index in [1.54, 1.807) is 0 Å². The maximum Gasteiger partial charge on any atom is 0.138 e. The summed E-state index contributed by atoms with van der Waals surface area (Å²) in [6, 6.07) is 6.22. The Balaban J connectivity index is 3.16. The van der Waals surface area contributed by atoms with Crippen LogP contribution in [0.3, 0.4) is 0 Å². The molecule has 0 aliphatic heterocycles. The molecular formula is C13H15NS. The first-order chi connectivity index (χ1) is 7.22. The van der Waals surface area contributed by atoms with Crippen molar-refractivity contribution in [1.82, 2.24) is 0 Å². The van der Waals surface area contributed by atoms with Crippen molar-refractivity contribution in [2.45, 2.75) is 32.1 Å². The van der Waals surface area contributed by atoms with Gasteiger partial charge >= 0.3 is 0 Å². The minimum Gasteiger partial charge on any atom is -0.185 e. The zero-order chi connectivity index (χ0) is 11.3. The van der Waals surface area contributed by atoms with Crippen LogP contribution in [0.15, 0.2) is 29.2 Å². The molecule has 1 nitrogen and oxygen atoms in total. The van der Waals surface area contributed by atoms with E-state index in [9.17, 15) is 0 Å². The lowest BCUT2D eigenvalue weighted by molar-refractivity contribution is 1.11. The van der Waals surface area contributed by atoms with E-state index in [1.807, 2.05) is 13.0 Å². The third-order valence-corrected chi connectivity index (χ3v) is 3.06. The Morgan fingerprint density at radius 3 is 2.80 bits per heavy atom. The fraction of sp³-hybridized carbons (Fsp3) is 0.308. The number of benzene rings is 1. The van der Waals surface area contributed by atoms with Crippen molar-refractivity contribution in [3.63, 3.8) is 0 Å². The van der Waals surface area contributed by atoms with Crippen LogP contribution in [0.5, 0.6) is 0 Å². The molecule has 0 aliphatic carbocycles. The van der Waals surface area contributed by atoms with Gasteiger partial charge in [0.15, 0.2) is 0 Å². The first kappa shape index (κ1) is 11.9. The van der Waals surface area contributed by atoms with Gasteiger partial charge in [-0.2, -0.15) is 5.26 Å². The summed E-state index contributed by atoms with van der Waals surface area (Å²) in [6.45, 7) is 6.31. The van der Waals surface area contributed by atoms with Crippen molar-refractivity contribution >= 4 is 17.3 Å². The first-order valence-corrected chi connectivity index (χ1v) is 5.86. The lowest BCUT2D eigenvalue weighted by Gasteiger charge is -2.09. The van der Waals surface area contributed by atoms with Crippen molar-refractivity contribution < 1.29 is 0 Å². The van der Waals surface area contributed by atoms with Crippen LogP contribution in [-0.4, -0.2) is 0 Å². The SMILES string of the molecule is C/C=C(\C)c1ccc(SC#N)cc1CC. The molecule has 1 aromatic carbocycles. The van der Waals surface area contributed by atoms with Crippen molar-refractivity contribution in [2.75, 3.05) is 0 Å². The second-order valence-corrected chi connectivity index (χ2v) is 4.20. The molecule has 0 atom stereocenters. The summed E-state index contributed by atoms with van der Waals surface area (Å²) in [5, 5.41) is 10.7. The number of hydrogen-bond donors (Lipinski definition) is 0. The summed E-state index contributed by atoms with van der Waals surface area (Å²) in [6.07, 6.45) is 3.12. The molecule has 0 spiro atoms. The molecule has 0 bridgehead atoms. The van der Waals surface area contributed by atoms with Gasteiger partial charge in [-0.25, -0.2) is 0 Å². The fourth-order valence-corrected chi connectivity index (χ4v) is 1.96. The van der Waals surface area contributed by atoms with Gasteiger partial charge in [0.25, 0.3) is 0 Å². The molecule has 0 aromatic heterocycles. The Labute approximate surface area is 95.8 Å². The average Bonchev–Trinajstić information content (AvgIpc) is 2.28. The van der Waals surface area contributed by atoms with Gasteiger partial charge in [0, 0.05) is 4.90 Å². The van der Waals surface area contributed by atoms with Gasteiger partial charge in [-0.15, -0.1) is 0 Å². The fourth-order valence-electron chi connectivity index (χ4n) is 1.52. The van der Waals surface area contributed by atoms with Crippen molar-refractivity contribution in [3.05, 3.63) is 35.4 Å². The molecule has 2 heteroatoms. The maximum absolute atomic E-state index is 8.61. The summed E-state index contributed by atoms with van der Waals surface area (Å²) in [5.74, 6) is 0. The Kier molecular flexibility index (Phi) is 4.45. The molecule has 0 unspecified atom stereocenters. The van der Waals surface area contributed by atoms with Crippen molar-refractivity contribution in [1.29, 1.82) is 5.26 Å². The van der Waals surface area contributed by atoms with Crippen LogP contribution in [0.4, 0.5) is 0 Å². The molecule has 15 heavy (non-hydrogen) atoms. The number of rotatable bonds is 3. The van der Waals surface area contributed by atoms with E-state index < -0.39 is 0 Å². The van der Waals surface area contributed by atoms with Gasteiger partial charge < -0.3 is 0 Å². The Morgan fingerprint density at radius 1 is 1.53 bits per heavy atom. The highest BCUT2D eigenvalue weighted by Crippen LogP contribution is 2.25. The molecule has 0 N–H and O–H groups in total. The van der Waals surface area contributed by atoms with Gasteiger partial charge in [-0.3, -0.25) is 0 Å². The van der Waals surface area contributed by atoms with Crippen LogP contribution >= 0.6 is 11.8 Å². The predicted octanol–water partition coefficient (Wildman–Crippen LogP) is 4.25. The zero-order valence-corrected chi connectivity index (χ0v) is 10.2. The molecular weight excluding hydrogens is 202 g/mol. The van der Waals surface area contributed by atoms with E-state index >= 15 is 0 Å². The monoisotopic (exact) mass is 217 g/mol.